The van der Waals surface area contributed by atoms with Gasteiger partial charge in [0.25, 0.3) is 0 Å². The van der Waals surface area contributed by atoms with E-state index in [0.29, 0.717) is 58.2 Å². The van der Waals surface area contributed by atoms with E-state index in [4.69, 9.17) is 4.74 Å². The van der Waals surface area contributed by atoms with Crippen molar-refractivity contribution in [1.82, 2.24) is 31.9 Å². The molecule has 4 saturated carbocycles. The fourth-order valence-corrected chi connectivity index (χ4v) is 10.5. The monoisotopic (exact) mass is 869 g/mol. The fraction of sp³-hybridized carbons (Fsp3) is 0.812. The van der Waals surface area contributed by atoms with Crippen LogP contribution in [0, 0.1) is 35.0 Å². The number of hydrogen-bond donors (Lipinski definition) is 6. The highest BCUT2D eigenvalue weighted by Crippen LogP contribution is 2.61. The summed E-state index contributed by atoms with van der Waals surface area (Å²) in [5, 5.41) is 17.7. The first kappa shape index (κ1) is 50.7. The summed E-state index contributed by atoms with van der Waals surface area (Å²) in [5.74, 6) is 1.58. The lowest BCUT2D eigenvalue weighted by atomic mass is 9.49. The number of unbranched alkanes of at least 4 members (excludes halogenated alkanes) is 6. The third kappa shape index (κ3) is 18.4. The van der Waals surface area contributed by atoms with Crippen LogP contribution in [0.4, 0.5) is 0 Å². The second kappa shape index (κ2) is 26.0. The molecule has 0 saturated heterocycles. The van der Waals surface area contributed by atoms with Crippen molar-refractivity contribution < 1.29 is 38.3 Å². The van der Waals surface area contributed by atoms with Crippen LogP contribution in [-0.2, 0) is 38.3 Å². The molecule has 0 unspecified atom stereocenters. The molecule has 1 aliphatic heterocycles. The molecule has 4 fully saturated rings. The van der Waals surface area contributed by atoms with Crippen LogP contribution >= 0.6 is 0 Å². The van der Waals surface area contributed by atoms with Crippen LogP contribution in [0.3, 0.4) is 0 Å². The minimum atomic E-state index is -0.824. The third-order valence-corrected chi connectivity index (χ3v) is 13.2. The second-order valence-corrected chi connectivity index (χ2v) is 20.1. The van der Waals surface area contributed by atoms with E-state index in [1.807, 2.05) is 27.7 Å². The molecule has 1 heterocycles. The van der Waals surface area contributed by atoms with Gasteiger partial charge in [-0.05, 0) is 132 Å². The first-order valence-corrected chi connectivity index (χ1v) is 24.2. The largest absolute Gasteiger partial charge is 0.457 e. The van der Waals surface area contributed by atoms with Crippen molar-refractivity contribution in [2.45, 2.75) is 194 Å². The van der Waals surface area contributed by atoms with Gasteiger partial charge in [0.15, 0.2) is 0 Å². The number of hydrogen-bond acceptors (Lipinski definition) is 8. The summed E-state index contributed by atoms with van der Waals surface area (Å²) in [6.07, 6.45) is 20.1. The molecular formula is C48H80N6O8. The Labute approximate surface area is 371 Å². The summed E-state index contributed by atoms with van der Waals surface area (Å²) in [4.78, 5) is 88.4. The molecule has 0 spiro atoms. The molecule has 4 aliphatic carbocycles. The topological polar surface area (TPSA) is 201 Å². The minimum Gasteiger partial charge on any atom is -0.457 e. The highest BCUT2D eigenvalue weighted by Gasteiger charge is 2.51. The first-order chi connectivity index (χ1) is 29.6. The Kier molecular flexibility index (Phi) is 21.2. The molecule has 0 aromatic carbocycles. The lowest BCUT2D eigenvalue weighted by Gasteiger charge is -2.56. The van der Waals surface area contributed by atoms with Crippen LogP contribution in [0.2, 0.25) is 0 Å². The number of ether oxygens (including phenoxy) is 1. The second-order valence-electron chi connectivity index (χ2n) is 20.1. The molecule has 350 valence electrons. The minimum absolute atomic E-state index is 0.00383. The van der Waals surface area contributed by atoms with Crippen molar-refractivity contribution in [2.75, 3.05) is 19.6 Å². The third-order valence-electron chi connectivity index (χ3n) is 13.2. The molecule has 6 N–H and O–H groups in total. The number of rotatable bonds is 29. The zero-order chi connectivity index (χ0) is 45.1. The smallest absolute Gasteiger partial charge is 0.330 e. The molecule has 0 aromatic heterocycles. The standard InChI is InChI=1S/C48H80N6O8/c1-32(2)23-39(46(60)54-40(24-33(3)4)47(61)53-38-18-19-45(59)62-34(38)5)52-43(57)17-11-8-13-21-50-41(55)15-9-6-12-20-49-42(56)16-10-7-14-22-51-44(58)31-48-28-35-25-36(29-48)27-37(26-35)30-48/h18-19,32-40H,6-17,20-31H2,1-5H3,(H,49,56)(H,50,55)(H,51,58)(H,52,57)(H,53,61)(H,54,60)/t34-,35?,36?,37?,38-,39+,40+,48?/m1/s1. The summed E-state index contributed by atoms with van der Waals surface area (Å²) < 4.78 is 5.19. The molecule has 4 bridgehead atoms. The van der Waals surface area contributed by atoms with Crippen molar-refractivity contribution in [1.29, 1.82) is 0 Å². The molecule has 4 atom stereocenters. The van der Waals surface area contributed by atoms with Gasteiger partial charge in [0.2, 0.25) is 35.4 Å². The van der Waals surface area contributed by atoms with E-state index < -0.39 is 36.1 Å². The summed E-state index contributed by atoms with van der Waals surface area (Å²) in [6.45, 7) is 11.4. The normalized spacial score (nSPS) is 24.6. The number of amides is 6. The predicted octanol–water partition coefficient (Wildman–Crippen LogP) is 5.67. The van der Waals surface area contributed by atoms with Gasteiger partial charge in [0, 0.05) is 51.4 Å². The summed E-state index contributed by atoms with van der Waals surface area (Å²) in [6, 6.07) is -2.13. The van der Waals surface area contributed by atoms with Gasteiger partial charge in [0.1, 0.15) is 18.2 Å². The Balaban J connectivity index is 0.968. The number of esters is 1. The Morgan fingerprint density at radius 1 is 0.613 bits per heavy atom. The maximum atomic E-state index is 13.4. The van der Waals surface area contributed by atoms with Crippen LogP contribution < -0.4 is 31.9 Å². The molecule has 6 amide bonds. The zero-order valence-electron chi connectivity index (χ0n) is 38.6. The SMILES string of the molecule is CC(C)C[C@H](NC(=O)CCCCCNC(=O)CCCCCNC(=O)CCCCCNC(=O)CC12CC3CC(CC(C3)C1)C2)C(=O)N[C@@H](CC(C)C)C(=O)N[C@@H]1C=CC(=O)O[C@@H]1C. The van der Waals surface area contributed by atoms with E-state index >= 15 is 0 Å². The Morgan fingerprint density at radius 3 is 1.53 bits per heavy atom. The average molecular weight is 869 g/mol. The van der Waals surface area contributed by atoms with Crippen LogP contribution in [0.25, 0.3) is 0 Å². The van der Waals surface area contributed by atoms with Crippen molar-refractivity contribution in [2.24, 2.45) is 35.0 Å². The molecule has 62 heavy (non-hydrogen) atoms. The summed E-state index contributed by atoms with van der Waals surface area (Å²) >= 11 is 0. The van der Waals surface area contributed by atoms with Gasteiger partial charge < -0.3 is 36.6 Å². The predicted molar refractivity (Wildman–Crippen MR) is 239 cm³/mol. The maximum Gasteiger partial charge on any atom is 0.330 e. The Hall–Kier alpha value is -3.97. The molecule has 5 rings (SSSR count). The quantitative estimate of drug-likeness (QED) is 0.0408. The molecule has 0 radical (unpaired) electrons. The fourth-order valence-electron chi connectivity index (χ4n) is 10.5. The van der Waals surface area contributed by atoms with Gasteiger partial charge in [-0.2, -0.15) is 0 Å². The van der Waals surface area contributed by atoms with Gasteiger partial charge in [-0.3, -0.25) is 28.8 Å². The van der Waals surface area contributed by atoms with E-state index in [1.165, 1.54) is 44.6 Å². The van der Waals surface area contributed by atoms with Crippen LogP contribution in [-0.4, -0.2) is 85.3 Å². The number of carbonyl (C=O) groups is 7. The van der Waals surface area contributed by atoms with Crippen LogP contribution in [0.5, 0.6) is 0 Å². The first-order valence-electron chi connectivity index (χ1n) is 24.2. The number of cyclic esters (lactones) is 1. The van der Waals surface area contributed by atoms with Gasteiger partial charge in [-0.1, -0.05) is 53.0 Å². The number of carbonyl (C=O) groups excluding carboxylic acids is 7. The summed E-state index contributed by atoms with van der Waals surface area (Å²) in [7, 11) is 0. The van der Waals surface area contributed by atoms with Crippen molar-refractivity contribution in [3.8, 4) is 0 Å². The maximum absolute atomic E-state index is 13.4. The zero-order valence-corrected chi connectivity index (χ0v) is 38.6. The van der Waals surface area contributed by atoms with Crippen molar-refractivity contribution >= 4 is 41.4 Å². The van der Waals surface area contributed by atoms with Crippen molar-refractivity contribution in [3.63, 3.8) is 0 Å². The van der Waals surface area contributed by atoms with Gasteiger partial charge >= 0.3 is 5.97 Å². The van der Waals surface area contributed by atoms with E-state index in [2.05, 4.69) is 31.9 Å². The average Bonchev–Trinajstić information content (AvgIpc) is 3.18. The van der Waals surface area contributed by atoms with Gasteiger partial charge in [-0.15, -0.1) is 0 Å². The van der Waals surface area contributed by atoms with E-state index in [0.717, 1.165) is 69.1 Å². The molecule has 14 heteroatoms. The highest BCUT2D eigenvalue weighted by molar-refractivity contribution is 5.92. The molecule has 5 aliphatic rings. The van der Waals surface area contributed by atoms with Gasteiger partial charge in [0.05, 0.1) is 6.04 Å². The number of nitrogens with one attached hydrogen (secondary N) is 6. The van der Waals surface area contributed by atoms with E-state index in [1.54, 1.807) is 13.0 Å². The van der Waals surface area contributed by atoms with E-state index in [-0.39, 0.29) is 53.2 Å². The van der Waals surface area contributed by atoms with Crippen molar-refractivity contribution in [3.05, 3.63) is 12.2 Å². The Morgan fingerprint density at radius 2 is 1.06 bits per heavy atom. The van der Waals surface area contributed by atoms with Gasteiger partial charge in [-0.25, -0.2) is 4.79 Å². The summed E-state index contributed by atoms with van der Waals surface area (Å²) in [5.41, 5.74) is 0.276. The lowest BCUT2D eigenvalue weighted by Crippen LogP contribution is -2.56. The lowest BCUT2D eigenvalue weighted by molar-refractivity contribution is -0.145. The van der Waals surface area contributed by atoms with Crippen LogP contribution in [0.15, 0.2) is 12.2 Å². The molecule has 0 aromatic rings. The molecular weight excluding hydrogens is 789 g/mol. The molecule has 14 nitrogen and oxygen atoms in total. The highest BCUT2D eigenvalue weighted by atomic mass is 16.5. The van der Waals surface area contributed by atoms with Crippen LogP contribution in [0.1, 0.15) is 169 Å². The van der Waals surface area contributed by atoms with E-state index in [9.17, 15) is 33.6 Å². The Bertz CT molecular complexity index is 1490.